The zero-order valence-corrected chi connectivity index (χ0v) is 17.5. The Hall–Kier alpha value is -1.78. The van der Waals surface area contributed by atoms with Crippen LogP contribution in [0.2, 0.25) is 0 Å². The van der Waals surface area contributed by atoms with Crippen molar-refractivity contribution in [3.63, 3.8) is 0 Å². The zero-order valence-electron chi connectivity index (χ0n) is 15.8. The third kappa shape index (κ3) is 5.14. The number of aromatic nitrogens is 4. The number of hydrogen-bond donors (Lipinski definition) is 1. The van der Waals surface area contributed by atoms with Crippen molar-refractivity contribution >= 4 is 34.1 Å². The highest BCUT2D eigenvalue weighted by Crippen LogP contribution is 2.28. The Labute approximate surface area is 166 Å². The molecule has 0 atom stereocenters. The Morgan fingerprint density at radius 2 is 2.07 bits per heavy atom. The van der Waals surface area contributed by atoms with E-state index in [1.54, 1.807) is 0 Å². The second-order valence-electron chi connectivity index (χ2n) is 6.75. The summed E-state index contributed by atoms with van der Waals surface area (Å²) in [6.45, 7) is 3.27. The summed E-state index contributed by atoms with van der Waals surface area (Å²) in [6.07, 6.45) is 3.97. The highest BCUT2D eigenvalue weighted by molar-refractivity contribution is 8.00. The molecule has 0 saturated heterocycles. The number of nitrogens with zero attached hydrogens (tertiary/aromatic N) is 5. The Morgan fingerprint density at radius 1 is 1.30 bits per heavy atom. The smallest absolute Gasteiger partial charge is 0.308 e. The van der Waals surface area contributed by atoms with Gasteiger partial charge in [0.1, 0.15) is 10.0 Å². The molecule has 0 fully saturated rings. The van der Waals surface area contributed by atoms with Crippen LogP contribution in [-0.2, 0) is 24.2 Å². The molecule has 1 aliphatic rings. The van der Waals surface area contributed by atoms with Crippen LogP contribution in [0.15, 0.2) is 9.82 Å². The van der Waals surface area contributed by atoms with E-state index in [1.165, 1.54) is 23.1 Å². The van der Waals surface area contributed by atoms with Crippen molar-refractivity contribution in [2.45, 2.75) is 44.2 Å². The van der Waals surface area contributed by atoms with E-state index in [0.29, 0.717) is 16.7 Å². The van der Waals surface area contributed by atoms with Gasteiger partial charge in [-0.1, -0.05) is 23.1 Å². The Bertz CT molecular complexity index is 877. The Balaban J connectivity index is 1.74. The molecular formula is C17H24N6O2S2. The molecule has 0 radical (unpaired) electrons. The lowest BCUT2D eigenvalue weighted by Crippen LogP contribution is -2.33. The lowest BCUT2D eigenvalue weighted by molar-refractivity contribution is -0.113. The van der Waals surface area contributed by atoms with Gasteiger partial charge in [0.25, 0.3) is 0 Å². The van der Waals surface area contributed by atoms with Gasteiger partial charge >= 0.3 is 5.69 Å². The minimum Gasteiger partial charge on any atom is -0.308 e. The lowest BCUT2D eigenvalue weighted by Gasteiger charge is -2.23. The first-order valence-electron chi connectivity index (χ1n) is 8.94. The Morgan fingerprint density at radius 3 is 2.78 bits per heavy atom. The van der Waals surface area contributed by atoms with Gasteiger partial charge < -0.3 is 4.90 Å². The molecule has 146 valence electrons. The van der Waals surface area contributed by atoms with Gasteiger partial charge in [0.05, 0.1) is 5.75 Å². The molecule has 1 amide bonds. The highest BCUT2D eigenvalue weighted by Gasteiger charge is 2.21. The molecule has 1 aliphatic carbocycles. The maximum atomic E-state index is 12.6. The monoisotopic (exact) mass is 408 g/mol. The number of carbonyl (C=O) groups is 1. The predicted octanol–water partition coefficient (Wildman–Crippen LogP) is 1.57. The topological polar surface area (TPSA) is 93.0 Å². The summed E-state index contributed by atoms with van der Waals surface area (Å²) in [7, 11) is 3.99. The third-order valence-electron chi connectivity index (χ3n) is 4.33. The molecular weight excluding hydrogens is 384 g/mol. The SMILES string of the molecule is Cc1nnc(NC(=O)CSc2nc(=O)n(CCN(C)C)c3c2CCCC3)s1. The molecule has 0 aliphatic heterocycles. The van der Waals surface area contributed by atoms with Crippen LogP contribution in [0.25, 0.3) is 0 Å². The van der Waals surface area contributed by atoms with E-state index in [-0.39, 0.29) is 17.3 Å². The molecule has 0 spiro atoms. The van der Waals surface area contributed by atoms with Crippen molar-refractivity contribution in [2.75, 3.05) is 31.7 Å². The van der Waals surface area contributed by atoms with Gasteiger partial charge in [-0.15, -0.1) is 10.2 Å². The van der Waals surface area contributed by atoms with E-state index in [4.69, 9.17) is 0 Å². The molecule has 0 saturated carbocycles. The largest absolute Gasteiger partial charge is 0.348 e. The molecule has 27 heavy (non-hydrogen) atoms. The maximum Gasteiger partial charge on any atom is 0.348 e. The molecule has 1 N–H and O–H groups in total. The summed E-state index contributed by atoms with van der Waals surface area (Å²) in [5.74, 6) is 0.0264. The van der Waals surface area contributed by atoms with Gasteiger partial charge in [-0.3, -0.25) is 14.7 Å². The average molecular weight is 409 g/mol. The maximum absolute atomic E-state index is 12.6. The standard InChI is InChI=1S/C17H24N6O2S2/c1-11-20-21-16(27-11)18-14(24)10-26-15-12-6-4-5-7-13(12)23(17(25)19-15)9-8-22(2)3/h4-10H2,1-3H3,(H,18,21,24). The van der Waals surface area contributed by atoms with Crippen molar-refractivity contribution in [2.24, 2.45) is 0 Å². The summed E-state index contributed by atoms with van der Waals surface area (Å²) in [4.78, 5) is 31.1. The van der Waals surface area contributed by atoms with Crippen LogP contribution in [0.3, 0.4) is 0 Å². The van der Waals surface area contributed by atoms with E-state index < -0.39 is 0 Å². The van der Waals surface area contributed by atoms with Gasteiger partial charge in [-0.25, -0.2) is 4.79 Å². The molecule has 8 nitrogen and oxygen atoms in total. The number of nitrogens with one attached hydrogen (secondary N) is 1. The lowest BCUT2D eigenvalue weighted by atomic mass is 9.97. The van der Waals surface area contributed by atoms with Gasteiger partial charge in [-0.2, -0.15) is 4.98 Å². The number of rotatable bonds is 7. The molecule has 3 rings (SSSR count). The fraction of sp³-hybridized carbons (Fsp3) is 0.588. The number of hydrogen-bond acceptors (Lipinski definition) is 8. The number of fused-ring (bicyclic) bond motifs is 1. The first-order valence-corrected chi connectivity index (χ1v) is 10.7. The van der Waals surface area contributed by atoms with Gasteiger partial charge in [0, 0.05) is 24.3 Å². The summed E-state index contributed by atoms with van der Waals surface area (Å²) < 4.78 is 1.81. The van der Waals surface area contributed by atoms with Crippen LogP contribution in [0.4, 0.5) is 5.13 Å². The number of amides is 1. The average Bonchev–Trinajstić information content (AvgIpc) is 3.03. The minimum atomic E-state index is -0.222. The summed E-state index contributed by atoms with van der Waals surface area (Å²) in [5.41, 5.74) is 2.00. The molecule has 2 heterocycles. The normalized spacial score (nSPS) is 13.6. The fourth-order valence-electron chi connectivity index (χ4n) is 3.03. The van der Waals surface area contributed by atoms with E-state index in [9.17, 15) is 9.59 Å². The second-order valence-corrected chi connectivity index (χ2v) is 8.90. The fourth-order valence-corrected chi connectivity index (χ4v) is 4.52. The molecule has 0 bridgehead atoms. The highest BCUT2D eigenvalue weighted by atomic mass is 32.2. The number of anilines is 1. The van der Waals surface area contributed by atoms with E-state index in [0.717, 1.165) is 48.5 Å². The van der Waals surface area contributed by atoms with Gasteiger partial charge in [-0.05, 0) is 46.7 Å². The number of thioether (sulfide) groups is 1. The number of carbonyl (C=O) groups excluding carboxylic acids is 1. The zero-order chi connectivity index (χ0) is 19.4. The summed E-state index contributed by atoms with van der Waals surface area (Å²) in [6, 6.07) is 0. The van der Waals surface area contributed by atoms with Crippen LogP contribution in [-0.4, -0.2) is 56.9 Å². The van der Waals surface area contributed by atoms with Crippen molar-refractivity contribution in [1.82, 2.24) is 24.6 Å². The van der Waals surface area contributed by atoms with Crippen LogP contribution in [0.1, 0.15) is 29.1 Å². The molecule has 10 heteroatoms. The molecule has 0 aromatic carbocycles. The molecule has 2 aromatic heterocycles. The number of aryl methyl sites for hydroxylation is 1. The Kier molecular flexibility index (Phi) is 6.61. The van der Waals surface area contributed by atoms with Crippen molar-refractivity contribution in [3.8, 4) is 0 Å². The van der Waals surface area contributed by atoms with Gasteiger partial charge in [0.2, 0.25) is 11.0 Å². The van der Waals surface area contributed by atoms with Gasteiger partial charge in [0.15, 0.2) is 0 Å². The van der Waals surface area contributed by atoms with Crippen LogP contribution < -0.4 is 11.0 Å². The molecule has 0 unspecified atom stereocenters. The second kappa shape index (κ2) is 8.94. The first kappa shape index (κ1) is 20.0. The van der Waals surface area contributed by atoms with E-state index >= 15 is 0 Å². The van der Waals surface area contributed by atoms with E-state index in [2.05, 4.69) is 25.4 Å². The summed E-state index contributed by atoms with van der Waals surface area (Å²) >= 11 is 2.66. The number of likely N-dealkylation sites (N-methyl/N-ethyl adjacent to an activating group) is 1. The summed E-state index contributed by atoms with van der Waals surface area (Å²) in [5, 5.41) is 12.5. The van der Waals surface area contributed by atoms with Crippen LogP contribution >= 0.6 is 23.1 Å². The van der Waals surface area contributed by atoms with Crippen LogP contribution in [0.5, 0.6) is 0 Å². The van der Waals surface area contributed by atoms with Crippen molar-refractivity contribution in [1.29, 1.82) is 0 Å². The third-order valence-corrected chi connectivity index (χ3v) is 6.11. The minimum absolute atomic E-state index is 0.167. The predicted molar refractivity (Wildman–Crippen MR) is 108 cm³/mol. The quantitative estimate of drug-likeness (QED) is 0.549. The first-order chi connectivity index (χ1) is 12.9. The van der Waals surface area contributed by atoms with Crippen molar-refractivity contribution in [3.05, 3.63) is 26.7 Å². The van der Waals surface area contributed by atoms with Crippen molar-refractivity contribution < 1.29 is 4.79 Å². The molecule has 2 aromatic rings. The van der Waals surface area contributed by atoms with E-state index in [1.807, 2.05) is 25.6 Å². The van der Waals surface area contributed by atoms with Crippen LogP contribution in [0, 0.1) is 6.92 Å².